The van der Waals surface area contributed by atoms with Crippen LogP contribution in [0, 0.1) is 10.8 Å². The van der Waals surface area contributed by atoms with Crippen LogP contribution in [0.25, 0.3) is 0 Å². The average Bonchev–Trinajstić information content (AvgIpc) is 3.34. The summed E-state index contributed by atoms with van der Waals surface area (Å²) in [6, 6.07) is 5.76. The number of Topliss-reactive ketones (excluding diaryl/α,β-unsaturated/α-hetero) is 1. The molecule has 1 aromatic carbocycles. The van der Waals surface area contributed by atoms with Gasteiger partial charge in [-0.15, -0.1) is 11.3 Å². The van der Waals surface area contributed by atoms with Crippen molar-refractivity contribution in [3.8, 4) is 11.5 Å². The van der Waals surface area contributed by atoms with Crippen LogP contribution >= 0.6 is 11.3 Å². The number of ketones is 1. The quantitative estimate of drug-likeness (QED) is 0.280. The summed E-state index contributed by atoms with van der Waals surface area (Å²) in [7, 11) is 0. The van der Waals surface area contributed by atoms with Crippen molar-refractivity contribution in [3.05, 3.63) is 45.1 Å². The van der Waals surface area contributed by atoms with Gasteiger partial charge in [0, 0.05) is 28.3 Å². The summed E-state index contributed by atoms with van der Waals surface area (Å²) in [6.45, 7) is 15.4. The lowest BCUT2D eigenvalue weighted by atomic mass is 9.62. The lowest BCUT2D eigenvalue weighted by molar-refractivity contribution is -0.184. The summed E-state index contributed by atoms with van der Waals surface area (Å²) in [4.78, 5) is 65.7. The van der Waals surface area contributed by atoms with Gasteiger partial charge in [-0.25, -0.2) is 14.4 Å². The minimum Gasteiger partial charge on any atom is -0.481 e. The number of hydrogen-bond donors (Lipinski definition) is 3. The predicted octanol–water partition coefficient (Wildman–Crippen LogP) is 5.41. The molecule has 2 amide bonds. The van der Waals surface area contributed by atoms with Crippen LogP contribution in [0.1, 0.15) is 92.8 Å². The van der Waals surface area contributed by atoms with E-state index in [1.54, 1.807) is 73.3 Å². The minimum absolute atomic E-state index is 0.0141. The first-order valence-electron chi connectivity index (χ1n) is 14.9. The first-order chi connectivity index (χ1) is 21.1. The largest absolute Gasteiger partial charge is 0.481 e. The van der Waals surface area contributed by atoms with Crippen molar-refractivity contribution >= 4 is 41.1 Å². The van der Waals surface area contributed by atoms with E-state index in [4.69, 9.17) is 14.2 Å². The molecule has 13 heteroatoms. The number of fused-ring (bicyclic) bond motifs is 1. The molecule has 0 unspecified atom stereocenters. The molecule has 0 radical (unpaired) electrons. The summed E-state index contributed by atoms with van der Waals surface area (Å²) < 4.78 is 17.1. The number of rotatable bonds is 10. The summed E-state index contributed by atoms with van der Waals surface area (Å²) >= 11 is 1.29. The van der Waals surface area contributed by atoms with Gasteiger partial charge < -0.3 is 34.6 Å². The Morgan fingerprint density at radius 3 is 2.11 bits per heavy atom. The Balaban J connectivity index is 1.79. The molecule has 0 spiro atoms. The highest BCUT2D eigenvalue weighted by atomic mass is 32.1. The van der Waals surface area contributed by atoms with Gasteiger partial charge in [0.25, 0.3) is 5.91 Å². The zero-order valence-electron chi connectivity index (χ0n) is 27.9. The second kappa shape index (κ2) is 13.3. The van der Waals surface area contributed by atoms with Crippen molar-refractivity contribution in [2.45, 2.75) is 86.5 Å². The fourth-order valence-corrected chi connectivity index (χ4v) is 6.70. The third-order valence-electron chi connectivity index (χ3n) is 7.44. The van der Waals surface area contributed by atoms with Gasteiger partial charge in [0.15, 0.2) is 12.4 Å². The topological polar surface area (TPSA) is 169 Å². The van der Waals surface area contributed by atoms with Crippen molar-refractivity contribution in [1.82, 2.24) is 10.2 Å². The molecule has 1 aliphatic rings. The number of benzene rings is 1. The fraction of sp³-hybridized carbons (Fsp3) is 0.545. The molecule has 12 nitrogen and oxygen atoms in total. The summed E-state index contributed by atoms with van der Waals surface area (Å²) in [6.07, 6.45) is 0.140. The molecule has 0 aliphatic carbocycles. The van der Waals surface area contributed by atoms with E-state index in [0.717, 1.165) is 10.4 Å². The number of carboxylic acids is 2. The first-order valence-corrected chi connectivity index (χ1v) is 15.7. The van der Waals surface area contributed by atoms with Gasteiger partial charge >= 0.3 is 18.0 Å². The highest BCUT2D eigenvalue weighted by molar-refractivity contribution is 7.14. The fourth-order valence-electron chi connectivity index (χ4n) is 5.62. The van der Waals surface area contributed by atoms with E-state index in [0.29, 0.717) is 24.4 Å². The van der Waals surface area contributed by atoms with E-state index in [1.807, 2.05) is 0 Å². The van der Waals surface area contributed by atoms with Crippen LogP contribution in [-0.4, -0.2) is 75.7 Å². The first kappa shape index (κ1) is 36.3. The zero-order valence-corrected chi connectivity index (χ0v) is 28.7. The normalized spacial score (nSPS) is 13.8. The summed E-state index contributed by atoms with van der Waals surface area (Å²) in [5, 5.41) is 22.2. The molecular formula is C33H44N2O10S. The van der Waals surface area contributed by atoms with Crippen LogP contribution in [0.3, 0.4) is 0 Å². The Bertz CT molecular complexity index is 1490. The van der Waals surface area contributed by atoms with E-state index >= 15 is 0 Å². The second-order valence-electron chi connectivity index (χ2n) is 14.2. The molecule has 2 heterocycles. The Kier molecular flexibility index (Phi) is 10.5. The van der Waals surface area contributed by atoms with Gasteiger partial charge in [0.05, 0.1) is 23.5 Å². The SMILES string of the molecule is CC(C)(C)OC(=O)N1CCc2sc(C(=O)NCC(=O)c3ccc(OC(C(=O)O)(C(C)(C)C)C(C)(C)C)cc3OCC(=O)O)cc2C1. The number of nitrogens with one attached hydrogen (secondary N) is 1. The molecule has 1 aliphatic heterocycles. The number of nitrogens with zero attached hydrogens (tertiary/aromatic N) is 1. The van der Waals surface area contributed by atoms with Gasteiger partial charge in [-0.2, -0.15) is 0 Å². The highest BCUT2D eigenvalue weighted by Crippen LogP contribution is 2.48. The van der Waals surface area contributed by atoms with Gasteiger partial charge in [-0.1, -0.05) is 41.5 Å². The highest BCUT2D eigenvalue weighted by Gasteiger charge is 2.59. The molecule has 46 heavy (non-hydrogen) atoms. The number of carboxylic acid groups (broad SMARTS) is 2. The lowest BCUT2D eigenvalue weighted by Crippen LogP contribution is -2.63. The van der Waals surface area contributed by atoms with Crippen LogP contribution in [-0.2, 0) is 27.3 Å². The van der Waals surface area contributed by atoms with E-state index in [9.17, 15) is 34.2 Å². The van der Waals surface area contributed by atoms with Crippen molar-refractivity contribution in [1.29, 1.82) is 0 Å². The van der Waals surface area contributed by atoms with E-state index in [1.165, 1.54) is 29.5 Å². The van der Waals surface area contributed by atoms with Crippen molar-refractivity contribution in [2.24, 2.45) is 10.8 Å². The van der Waals surface area contributed by atoms with Gasteiger partial charge in [-0.05, 0) is 51.0 Å². The number of carbonyl (C=O) groups is 5. The Hall–Kier alpha value is -4.13. The lowest BCUT2D eigenvalue weighted by Gasteiger charge is -2.49. The molecular weight excluding hydrogens is 616 g/mol. The Morgan fingerprint density at radius 1 is 0.935 bits per heavy atom. The monoisotopic (exact) mass is 660 g/mol. The predicted molar refractivity (Wildman–Crippen MR) is 171 cm³/mol. The zero-order chi connectivity index (χ0) is 34.8. The standard InChI is InChI=1S/C33H44N2O10S/c1-30(2,3)33(28(40)41,31(4,5)6)44-20-10-11-21(23(15-20)43-18-26(37)38)22(36)16-34-27(39)25-14-19-17-35(13-12-24(19)46-25)29(42)45-32(7,8)9/h10-11,14-15H,12-13,16-18H2,1-9H3,(H,34,39)(H,37,38)(H,40,41). The maximum atomic E-state index is 13.3. The molecule has 0 atom stereocenters. The van der Waals surface area contributed by atoms with Crippen LogP contribution in [0.5, 0.6) is 11.5 Å². The Labute approximate surface area is 273 Å². The third-order valence-corrected chi connectivity index (χ3v) is 8.68. The number of carbonyl (C=O) groups excluding carboxylic acids is 3. The third kappa shape index (κ3) is 8.17. The molecule has 0 fully saturated rings. The smallest absolute Gasteiger partial charge is 0.410 e. The van der Waals surface area contributed by atoms with Crippen LogP contribution < -0.4 is 14.8 Å². The number of aliphatic carboxylic acids is 2. The number of amides is 2. The number of hydrogen-bond acceptors (Lipinski definition) is 9. The van der Waals surface area contributed by atoms with Gasteiger partial charge in [-0.3, -0.25) is 9.59 Å². The van der Waals surface area contributed by atoms with Crippen LogP contribution in [0.2, 0.25) is 0 Å². The number of ether oxygens (including phenoxy) is 3. The van der Waals surface area contributed by atoms with E-state index in [2.05, 4.69) is 5.32 Å². The average molecular weight is 661 g/mol. The van der Waals surface area contributed by atoms with Crippen LogP contribution in [0.15, 0.2) is 24.3 Å². The van der Waals surface area contributed by atoms with Gasteiger partial charge in [0.2, 0.25) is 5.60 Å². The van der Waals surface area contributed by atoms with Crippen molar-refractivity contribution in [2.75, 3.05) is 19.7 Å². The molecule has 3 N–H and O–H groups in total. The molecule has 0 bridgehead atoms. The molecule has 0 saturated heterocycles. The summed E-state index contributed by atoms with van der Waals surface area (Å²) in [5.74, 6) is -3.57. The maximum Gasteiger partial charge on any atom is 0.410 e. The van der Waals surface area contributed by atoms with Crippen molar-refractivity contribution < 1.29 is 48.4 Å². The molecule has 2 aromatic rings. The van der Waals surface area contributed by atoms with Crippen molar-refractivity contribution in [3.63, 3.8) is 0 Å². The molecule has 3 rings (SSSR count). The van der Waals surface area contributed by atoms with Crippen LogP contribution in [0.4, 0.5) is 4.79 Å². The molecule has 0 saturated carbocycles. The maximum absolute atomic E-state index is 13.3. The number of thiophene rings is 1. The van der Waals surface area contributed by atoms with E-state index in [-0.39, 0.29) is 17.1 Å². The molecule has 1 aromatic heterocycles. The van der Waals surface area contributed by atoms with E-state index < -0.39 is 64.9 Å². The Morgan fingerprint density at radius 2 is 1.57 bits per heavy atom. The second-order valence-corrected chi connectivity index (χ2v) is 15.4. The molecule has 252 valence electrons. The minimum atomic E-state index is -1.71. The van der Waals surface area contributed by atoms with Gasteiger partial charge in [0.1, 0.15) is 17.1 Å². The summed E-state index contributed by atoms with van der Waals surface area (Å²) in [5.41, 5.74) is -3.29.